The number of aliphatic hydroxyl groups excluding tert-OH is 21. The first kappa shape index (κ1) is 85.5. The van der Waals surface area contributed by atoms with Gasteiger partial charge in [-0.25, -0.2) is 0 Å². The summed E-state index contributed by atoms with van der Waals surface area (Å²) in [4.78, 5) is 62.4. The Morgan fingerprint density at radius 1 is 0.250 bits per heavy atom. The van der Waals surface area contributed by atoms with Crippen LogP contribution in [0.1, 0.15) is 34.6 Å². The molecular weight excluding hydrogens is 1420 g/mol. The molecule has 0 bridgehead atoms. The zero-order chi connectivity index (χ0) is 76.8. The van der Waals surface area contributed by atoms with Crippen LogP contribution in [-0.2, 0) is 95.0 Å². The van der Waals surface area contributed by atoms with Gasteiger partial charge in [0.25, 0.3) is 0 Å². The predicted molar refractivity (Wildman–Crippen MR) is 322 cm³/mol. The molecule has 0 unspecified atom stereocenters. The molecule has 8 aliphatic rings. The third kappa shape index (κ3) is 19.4. The molecule has 26 N–H and O–H groups in total. The van der Waals surface area contributed by atoms with Gasteiger partial charge in [0.2, 0.25) is 29.5 Å². The summed E-state index contributed by atoms with van der Waals surface area (Å²) in [5, 5.41) is 246. The lowest BCUT2D eigenvalue weighted by Gasteiger charge is -2.51. The van der Waals surface area contributed by atoms with Crippen LogP contribution in [0, 0.1) is 0 Å². The molecule has 8 heterocycles. The molecule has 8 fully saturated rings. The van der Waals surface area contributed by atoms with E-state index in [2.05, 4.69) is 26.6 Å². The van der Waals surface area contributed by atoms with E-state index >= 15 is 0 Å². The van der Waals surface area contributed by atoms with Crippen LogP contribution in [0.25, 0.3) is 0 Å². The van der Waals surface area contributed by atoms with Crippen molar-refractivity contribution in [1.29, 1.82) is 0 Å². The average molecular weight is 1520 g/mol. The number of carbonyl (C=O) groups is 5. The third-order valence-corrected chi connectivity index (χ3v) is 18.6. The SMILES string of the molecule is CC(=O)N[C@@H]1[C@H](O[C@@H]2[C@@H](O[C@@H]3[C@H](O)[C@H](O[C@H]4[C@H](O)[C@@H](NC(C)=O)[C@H](O)O[C@@H]4CO)O[C@H](CO[C@H]4O[C@H](CO[C@@H]5O[C@H](CO)[C@@H](O)[C@H](O)[C@H]5NC(C)=O)[C@@H](O)[C@H](O)[C@@H]4O[C@@H]4O[C@H](CO)[C@@H](O)[C@H](O)[C@H]4NC(C)=O)[C@H]3O)O[C@H](CO)[C@@H](O[C@@H]3O[C@H](CO)[C@@H](O)[C@H](O)[C@H]3NC(C)=O)[C@@H]2O)O[C@H](CO)[C@@H](O)[C@@H]1O. The summed E-state index contributed by atoms with van der Waals surface area (Å²) < 4.78 is 89.8. The molecule has 600 valence electrons. The van der Waals surface area contributed by atoms with E-state index in [4.69, 9.17) is 71.1 Å². The summed E-state index contributed by atoms with van der Waals surface area (Å²) in [5.41, 5.74) is 0. The highest BCUT2D eigenvalue weighted by atomic mass is 16.8. The predicted octanol–water partition coefficient (Wildman–Crippen LogP) is -17.7. The molecule has 0 aromatic carbocycles. The molecule has 0 aromatic heterocycles. The van der Waals surface area contributed by atoms with Crippen molar-refractivity contribution in [2.75, 3.05) is 52.9 Å². The lowest BCUT2D eigenvalue weighted by Crippen LogP contribution is -2.70. The zero-order valence-corrected chi connectivity index (χ0v) is 56.3. The second-order valence-electron chi connectivity index (χ2n) is 26.1. The highest BCUT2D eigenvalue weighted by molar-refractivity contribution is 5.75. The zero-order valence-electron chi connectivity index (χ0n) is 56.3. The Morgan fingerprint density at radius 2 is 0.529 bits per heavy atom. The van der Waals surface area contributed by atoms with Gasteiger partial charge < -0.3 is 205 Å². The van der Waals surface area contributed by atoms with Crippen molar-refractivity contribution in [1.82, 2.24) is 26.6 Å². The molecule has 104 heavy (non-hydrogen) atoms. The molecule has 40 atom stereocenters. The fourth-order valence-corrected chi connectivity index (χ4v) is 13.3. The van der Waals surface area contributed by atoms with Crippen LogP contribution in [0.4, 0.5) is 0 Å². The second kappa shape index (κ2) is 37.5. The van der Waals surface area contributed by atoms with Crippen molar-refractivity contribution >= 4 is 29.5 Å². The minimum Gasteiger partial charge on any atom is -0.394 e. The van der Waals surface area contributed by atoms with Crippen LogP contribution in [0.3, 0.4) is 0 Å². The molecule has 46 nitrogen and oxygen atoms in total. The van der Waals surface area contributed by atoms with Crippen molar-refractivity contribution in [3.63, 3.8) is 0 Å². The van der Waals surface area contributed by atoms with E-state index in [0.29, 0.717) is 0 Å². The Labute approximate surface area is 589 Å². The second-order valence-corrected chi connectivity index (χ2v) is 26.1. The minimum atomic E-state index is -2.53. The lowest BCUT2D eigenvalue weighted by molar-refractivity contribution is -0.402. The van der Waals surface area contributed by atoms with E-state index in [-0.39, 0.29) is 0 Å². The Morgan fingerprint density at radius 3 is 0.933 bits per heavy atom. The number of ether oxygens (including phenoxy) is 15. The molecule has 5 amide bonds. The molecule has 0 spiro atoms. The number of aliphatic hydroxyl groups is 21. The minimum absolute atomic E-state index is 0.783. The van der Waals surface area contributed by atoms with E-state index in [1.54, 1.807) is 0 Å². The number of amides is 5. The summed E-state index contributed by atoms with van der Waals surface area (Å²) >= 11 is 0. The molecule has 0 radical (unpaired) electrons. The van der Waals surface area contributed by atoms with Crippen LogP contribution < -0.4 is 26.6 Å². The molecule has 8 aliphatic heterocycles. The summed E-state index contributed by atoms with van der Waals surface area (Å²) in [6, 6.07) is -8.77. The normalized spacial score (nSPS) is 47.2. The van der Waals surface area contributed by atoms with Gasteiger partial charge in [0, 0.05) is 34.6 Å². The first-order valence-electron chi connectivity index (χ1n) is 33.1. The van der Waals surface area contributed by atoms with Crippen molar-refractivity contribution in [2.24, 2.45) is 0 Å². The van der Waals surface area contributed by atoms with E-state index in [9.17, 15) is 131 Å². The van der Waals surface area contributed by atoms with Gasteiger partial charge in [0.05, 0.1) is 52.9 Å². The highest BCUT2D eigenvalue weighted by Crippen LogP contribution is 2.39. The Kier molecular flexibility index (Phi) is 30.9. The van der Waals surface area contributed by atoms with E-state index in [0.717, 1.165) is 34.6 Å². The average Bonchev–Trinajstić information content (AvgIpc) is 0.766. The molecule has 46 heteroatoms. The van der Waals surface area contributed by atoms with Gasteiger partial charge in [-0.15, -0.1) is 0 Å². The maximum atomic E-state index is 12.7. The van der Waals surface area contributed by atoms with Gasteiger partial charge in [0.1, 0.15) is 195 Å². The maximum Gasteiger partial charge on any atom is 0.217 e. The summed E-state index contributed by atoms with van der Waals surface area (Å²) in [5.74, 6) is -4.25. The molecule has 8 saturated heterocycles. The van der Waals surface area contributed by atoms with Gasteiger partial charge in [0.15, 0.2) is 50.3 Å². The molecule has 0 saturated carbocycles. The molecule has 0 aliphatic carbocycles. The topological polar surface area (TPSA) is 709 Å². The van der Waals surface area contributed by atoms with Gasteiger partial charge in [-0.1, -0.05) is 0 Å². The van der Waals surface area contributed by atoms with E-state index in [1.807, 2.05) is 0 Å². The summed E-state index contributed by atoms with van der Waals surface area (Å²) in [7, 11) is 0. The first-order valence-corrected chi connectivity index (χ1v) is 33.1. The van der Waals surface area contributed by atoms with E-state index < -0.39 is 328 Å². The van der Waals surface area contributed by atoms with Gasteiger partial charge >= 0.3 is 0 Å². The first-order chi connectivity index (χ1) is 49.1. The quantitative estimate of drug-likeness (QED) is 0.0363. The summed E-state index contributed by atoms with van der Waals surface area (Å²) in [6.45, 7) is -3.51. The monoisotopic (exact) mass is 1520 g/mol. The number of nitrogens with one attached hydrogen (secondary N) is 5. The van der Waals surface area contributed by atoms with Crippen LogP contribution in [0.15, 0.2) is 0 Å². The maximum absolute atomic E-state index is 12.7. The molecule has 8 rings (SSSR count). The number of rotatable bonds is 27. The molecule has 0 aromatic rings. The van der Waals surface area contributed by atoms with Crippen LogP contribution >= 0.6 is 0 Å². The van der Waals surface area contributed by atoms with Crippen molar-refractivity contribution in [3.05, 3.63) is 0 Å². The fraction of sp³-hybridized carbons (Fsp3) is 0.914. The Balaban J connectivity index is 1.20. The Bertz CT molecular complexity index is 2770. The standard InChI is InChI=1S/C58H97N5O41/c1-14(70)59-27-42(85)46(23(10-68)92-51(27)89)101-56-45(88)48(102-58-50(104-55-31(63-18(5)74)41(84)35(78)22(9-67)96-55)44(87)47(24(11-69)97-58)100-53-29(61-16(3)72)39(82)33(76)20(7-65)94-53)37(80)26(98-56)13-91-57-49(103-54-30(62-17(4)73)40(83)34(77)21(8-66)95-54)43(86)36(79)25(99-57)12-90-52-28(60-15(2)71)38(81)32(75)19(6-64)93-52/h19-58,64-69,75-89H,6-13H2,1-5H3,(H,59,70)(H,60,71)(H,61,72)(H,62,73)(H,63,74)/t19-,20-,21-,22-,23-,24-,25-,26-,27-,28-,29-,30-,31+,32-,33-,34-,35-,36-,37-,38-,39-,40-,41-,42-,43+,44+,45+,46-,47-,48+,49+,50+,51-,52-,53+,54+,55+,56+,57+,58-/m1/s1. The third-order valence-electron chi connectivity index (χ3n) is 18.6. The van der Waals surface area contributed by atoms with Gasteiger partial charge in [-0.3, -0.25) is 24.0 Å². The van der Waals surface area contributed by atoms with E-state index in [1.165, 1.54) is 0 Å². The van der Waals surface area contributed by atoms with Gasteiger partial charge in [-0.2, -0.15) is 0 Å². The van der Waals surface area contributed by atoms with Crippen LogP contribution in [0.2, 0.25) is 0 Å². The number of carbonyl (C=O) groups excluding carboxylic acids is 5. The van der Waals surface area contributed by atoms with Crippen molar-refractivity contribution < 1.29 is 202 Å². The van der Waals surface area contributed by atoms with Crippen LogP contribution in [-0.4, -0.2) is 435 Å². The lowest BCUT2D eigenvalue weighted by atomic mass is 9.94. The van der Waals surface area contributed by atoms with Crippen molar-refractivity contribution in [3.8, 4) is 0 Å². The smallest absolute Gasteiger partial charge is 0.217 e. The highest BCUT2D eigenvalue weighted by Gasteiger charge is 2.60. The largest absolute Gasteiger partial charge is 0.394 e. The molecular formula is C58H97N5O41. The number of hydrogen-bond donors (Lipinski definition) is 26. The van der Waals surface area contributed by atoms with Gasteiger partial charge in [-0.05, 0) is 0 Å². The Hall–Kier alpha value is -4.09. The fourth-order valence-electron chi connectivity index (χ4n) is 13.3. The van der Waals surface area contributed by atoms with Crippen molar-refractivity contribution in [2.45, 2.75) is 280 Å². The van der Waals surface area contributed by atoms with Crippen LogP contribution in [0.5, 0.6) is 0 Å². The number of hydrogen-bond acceptors (Lipinski definition) is 41. The summed E-state index contributed by atoms with van der Waals surface area (Å²) in [6.07, 6.45) is -72.3.